The highest BCUT2D eigenvalue weighted by molar-refractivity contribution is 5.08. The van der Waals surface area contributed by atoms with Crippen LogP contribution < -0.4 is 5.32 Å². The minimum atomic E-state index is -0.0643. The Bertz CT molecular complexity index is 304. The Balaban J connectivity index is 1.85. The quantitative estimate of drug-likeness (QED) is 0.638. The van der Waals surface area contributed by atoms with Crippen LogP contribution in [-0.2, 0) is 13.2 Å². The number of hydrogen-bond acceptors (Lipinski definition) is 4. The molecule has 1 aromatic heterocycles. The zero-order valence-electron chi connectivity index (χ0n) is 7.99. The van der Waals surface area contributed by atoms with E-state index in [1.165, 1.54) is 0 Å². The first-order valence-corrected chi connectivity index (χ1v) is 4.82. The minimum Gasteiger partial charge on any atom is -0.462 e. The Kier molecular flexibility index (Phi) is 2.58. The lowest BCUT2D eigenvalue weighted by Crippen LogP contribution is -2.33. The molecule has 14 heavy (non-hydrogen) atoms. The molecule has 1 aromatic rings. The highest BCUT2D eigenvalue weighted by Crippen LogP contribution is 2.34. The molecule has 1 aliphatic rings. The van der Waals surface area contributed by atoms with Gasteiger partial charge in [-0.25, -0.2) is 0 Å². The summed E-state index contributed by atoms with van der Waals surface area (Å²) in [6.07, 6.45) is 2.05. The molecule has 0 spiro atoms. The zero-order valence-corrected chi connectivity index (χ0v) is 7.99. The topological polar surface area (TPSA) is 65.6 Å². The lowest BCUT2D eigenvalue weighted by molar-refractivity contribution is 0.221. The van der Waals surface area contributed by atoms with E-state index in [1.807, 2.05) is 6.07 Å². The van der Waals surface area contributed by atoms with E-state index < -0.39 is 0 Å². The van der Waals surface area contributed by atoms with E-state index in [-0.39, 0.29) is 18.8 Å². The largest absolute Gasteiger partial charge is 0.462 e. The van der Waals surface area contributed by atoms with Crippen LogP contribution in [-0.4, -0.2) is 22.4 Å². The molecule has 1 saturated carbocycles. The fourth-order valence-corrected chi connectivity index (χ4v) is 1.42. The number of aliphatic hydroxyl groups is 2. The first-order valence-electron chi connectivity index (χ1n) is 4.82. The van der Waals surface area contributed by atoms with Gasteiger partial charge in [-0.05, 0) is 25.0 Å². The van der Waals surface area contributed by atoms with E-state index >= 15 is 0 Å². The molecule has 0 bridgehead atoms. The smallest absolute Gasteiger partial charge is 0.129 e. The maximum absolute atomic E-state index is 9.05. The van der Waals surface area contributed by atoms with Crippen LogP contribution in [0.15, 0.2) is 16.5 Å². The highest BCUT2D eigenvalue weighted by atomic mass is 16.4. The normalized spacial score (nSPS) is 18.4. The summed E-state index contributed by atoms with van der Waals surface area (Å²) in [4.78, 5) is 0. The summed E-state index contributed by atoms with van der Waals surface area (Å²) >= 11 is 0. The van der Waals surface area contributed by atoms with Gasteiger partial charge < -0.3 is 19.9 Å². The number of rotatable bonds is 5. The first-order chi connectivity index (χ1) is 6.78. The molecular formula is C10H15NO3. The van der Waals surface area contributed by atoms with Crippen molar-refractivity contribution < 1.29 is 14.6 Å². The van der Waals surface area contributed by atoms with Crippen LogP contribution in [0.5, 0.6) is 0 Å². The summed E-state index contributed by atoms with van der Waals surface area (Å²) in [6.45, 7) is 0.728. The molecule has 1 aliphatic carbocycles. The predicted molar refractivity (Wildman–Crippen MR) is 50.5 cm³/mol. The second-order valence-corrected chi connectivity index (χ2v) is 3.82. The Morgan fingerprint density at radius 3 is 2.50 bits per heavy atom. The van der Waals surface area contributed by atoms with Gasteiger partial charge in [-0.2, -0.15) is 0 Å². The molecule has 1 fully saturated rings. The fourth-order valence-electron chi connectivity index (χ4n) is 1.42. The predicted octanol–water partition coefficient (Wildman–Crippen LogP) is 0.386. The van der Waals surface area contributed by atoms with Gasteiger partial charge in [0.15, 0.2) is 0 Å². The van der Waals surface area contributed by atoms with Crippen LogP contribution in [0, 0.1) is 0 Å². The van der Waals surface area contributed by atoms with Crippen molar-refractivity contribution >= 4 is 0 Å². The molecule has 78 valence electrons. The van der Waals surface area contributed by atoms with E-state index in [0.29, 0.717) is 12.3 Å². The summed E-state index contributed by atoms with van der Waals surface area (Å²) in [6, 6.07) is 3.60. The minimum absolute atomic E-state index is 0.0633. The average Bonchev–Trinajstić information content (AvgIpc) is 2.86. The van der Waals surface area contributed by atoms with Gasteiger partial charge in [0.1, 0.15) is 18.1 Å². The average molecular weight is 197 g/mol. The maximum atomic E-state index is 9.05. The van der Waals surface area contributed by atoms with Crippen molar-refractivity contribution in [1.82, 2.24) is 5.32 Å². The molecule has 0 amide bonds. The van der Waals surface area contributed by atoms with Crippen LogP contribution in [0.3, 0.4) is 0 Å². The lowest BCUT2D eigenvalue weighted by atomic mass is 10.3. The summed E-state index contributed by atoms with van der Waals surface area (Å²) in [7, 11) is 0. The summed E-state index contributed by atoms with van der Waals surface area (Å²) in [5.41, 5.74) is -0.0633. The van der Waals surface area contributed by atoms with Crippen molar-refractivity contribution in [2.75, 3.05) is 6.61 Å². The van der Waals surface area contributed by atoms with Crippen molar-refractivity contribution in [3.05, 3.63) is 23.7 Å². The number of furan rings is 1. The summed E-state index contributed by atoms with van der Waals surface area (Å²) in [5.74, 6) is 1.38. The SMILES string of the molecule is OCc1ccc(CNC2(CO)CC2)o1. The molecule has 2 rings (SSSR count). The van der Waals surface area contributed by atoms with Gasteiger partial charge in [-0.3, -0.25) is 0 Å². The monoisotopic (exact) mass is 197 g/mol. The number of nitrogens with one attached hydrogen (secondary N) is 1. The van der Waals surface area contributed by atoms with E-state index in [0.717, 1.165) is 18.6 Å². The van der Waals surface area contributed by atoms with Gasteiger partial charge in [-0.15, -0.1) is 0 Å². The van der Waals surface area contributed by atoms with Gasteiger partial charge in [0.05, 0.1) is 13.2 Å². The molecule has 0 atom stereocenters. The van der Waals surface area contributed by atoms with Crippen LogP contribution in [0.2, 0.25) is 0 Å². The van der Waals surface area contributed by atoms with E-state index in [4.69, 9.17) is 14.6 Å². The first kappa shape index (κ1) is 9.71. The molecular weight excluding hydrogens is 182 g/mol. The number of aliphatic hydroxyl groups excluding tert-OH is 2. The van der Waals surface area contributed by atoms with Crippen LogP contribution >= 0.6 is 0 Å². The third-order valence-electron chi connectivity index (χ3n) is 2.67. The van der Waals surface area contributed by atoms with E-state index in [2.05, 4.69) is 5.32 Å². The van der Waals surface area contributed by atoms with Gasteiger partial charge in [0.25, 0.3) is 0 Å². The van der Waals surface area contributed by atoms with Gasteiger partial charge >= 0.3 is 0 Å². The Morgan fingerprint density at radius 1 is 1.29 bits per heavy atom. The van der Waals surface area contributed by atoms with Gasteiger partial charge in [0.2, 0.25) is 0 Å². The summed E-state index contributed by atoms with van der Waals surface area (Å²) in [5, 5.41) is 21.1. The van der Waals surface area contributed by atoms with Crippen LogP contribution in [0.25, 0.3) is 0 Å². The van der Waals surface area contributed by atoms with Crippen molar-refractivity contribution in [3.8, 4) is 0 Å². The molecule has 3 N–H and O–H groups in total. The maximum Gasteiger partial charge on any atom is 0.129 e. The molecule has 0 saturated heterocycles. The van der Waals surface area contributed by atoms with Crippen molar-refractivity contribution in [1.29, 1.82) is 0 Å². The van der Waals surface area contributed by atoms with Crippen LogP contribution in [0.1, 0.15) is 24.4 Å². The molecule has 4 heteroatoms. The Hall–Kier alpha value is -0.840. The lowest BCUT2D eigenvalue weighted by Gasteiger charge is -2.12. The van der Waals surface area contributed by atoms with E-state index in [1.54, 1.807) is 6.07 Å². The van der Waals surface area contributed by atoms with Gasteiger partial charge in [0, 0.05) is 5.54 Å². The third-order valence-corrected chi connectivity index (χ3v) is 2.67. The number of hydrogen-bond donors (Lipinski definition) is 3. The molecule has 1 heterocycles. The summed E-state index contributed by atoms with van der Waals surface area (Å²) < 4.78 is 5.31. The Labute approximate surface area is 82.5 Å². The molecule has 0 radical (unpaired) electrons. The second kappa shape index (κ2) is 3.73. The molecule has 0 aliphatic heterocycles. The third kappa shape index (κ3) is 1.97. The van der Waals surface area contributed by atoms with Crippen molar-refractivity contribution in [2.45, 2.75) is 31.5 Å². The highest BCUT2D eigenvalue weighted by Gasteiger charge is 2.41. The van der Waals surface area contributed by atoms with Crippen molar-refractivity contribution in [2.24, 2.45) is 0 Å². The molecule has 4 nitrogen and oxygen atoms in total. The Morgan fingerprint density at radius 2 is 2.00 bits per heavy atom. The second-order valence-electron chi connectivity index (χ2n) is 3.82. The van der Waals surface area contributed by atoms with Crippen LogP contribution in [0.4, 0.5) is 0 Å². The van der Waals surface area contributed by atoms with Crippen molar-refractivity contribution in [3.63, 3.8) is 0 Å². The fraction of sp³-hybridized carbons (Fsp3) is 0.600. The molecule has 0 aromatic carbocycles. The standard InChI is InChI=1S/C10H15NO3/c12-6-9-2-1-8(14-9)5-11-10(7-13)3-4-10/h1-2,11-13H,3-7H2. The molecule has 0 unspecified atom stereocenters. The van der Waals surface area contributed by atoms with E-state index in [9.17, 15) is 0 Å². The van der Waals surface area contributed by atoms with Gasteiger partial charge in [-0.1, -0.05) is 0 Å². The zero-order chi connectivity index (χ0) is 10.0.